The lowest BCUT2D eigenvalue weighted by Crippen LogP contribution is -2.46. The van der Waals surface area contributed by atoms with Gasteiger partial charge in [-0.25, -0.2) is 9.49 Å². The van der Waals surface area contributed by atoms with Gasteiger partial charge in [0.25, 0.3) is 5.56 Å². The molecule has 1 aliphatic heterocycles. The lowest BCUT2D eigenvalue weighted by atomic mass is 10.1. The first kappa shape index (κ1) is 15.7. The van der Waals surface area contributed by atoms with E-state index in [1.807, 2.05) is 19.9 Å². The van der Waals surface area contributed by atoms with Crippen LogP contribution in [0.2, 0.25) is 0 Å². The van der Waals surface area contributed by atoms with Crippen LogP contribution in [0.25, 0.3) is 0 Å². The van der Waals surface area contributed by atoms with Crippen LogP contribution in [-0.4, -0.2) is 41.3 Å². The maximum Gasteiger partial charge on any atom is 0.266 e. The Labute approximate surface area is 134 Å². The third-order valence-electron chi connectivity index (χ3n) is 4.38. The zero-order valence-corrected chi connectivity index (χ0v) is 13.5. The SMILES string of the molecule is Cc1cc(F)ccc1CN1CCN(c2cc(=O)[nH]nc2C)CC1. The Morgan fingerprint density at radius 3 is 2.61 bits per heavy atom. The van der Waals surface area contributed by atoms with Gasteiger partial charge in [-0.05, 0) is 37.1 Å². The summed E-state index contributed by atoms with van der Waals surface area (Å²) < 4.78 is 13.2. The van der Waals surface area contributed by atoms with Gasteiger partial charge in [-0.15, -0.1) is 0 Å². The molecule has 3 rings (SSSR count). The van der Waals surface area contributed by atoms with Crippen LogP contribution in [0.1, 0.15) is 16.8 Å². The first-order valence-corrected chi connectivity index (χ1v) is 7.81. The molecule has 0 atom stereocenters. The van der Waals surface area contributed by atoms with E-state index in [4.69, 9.17) is 0 Å². The van der Waals surface area contributed by atoms with Crippen molar-refractivity contribution >= 4 is 5.69 Å². The molecule has 0 amide bonds. The molecule has 1 aliphatic rings. The quantitative estimate of drug-likeness (QED) is 0.939. The smallest absolute Gasteiger partial charge is 0.266 e. The van der Waals surface area contributed by atoms with Crippen molar-refractivity contribution in [2.45, 2.75) is 20.4 Å². The molecule has 0 aliphatic carbocycles. The average Bonchev–Trinajstić information content (AvgIpc) is 2.53. The normalized spacial score (nSPS) is 15.9. The molecule has 5 nitrogen and oxygen atoms in total. The Morgan fingerprint density at radius 2 is 1.91 bits per heavy atom. The van der Waals surface area contributed by atoms with Crippen LogP contribution in [0.3, 0.4) is 0 Å². The lowest BCUT2D eigenvalue weighted by molar-refractivity contribution is 0.249. The third-order valence-corrected chi connectivity index (χ3v) is 4.38. The minimum absolute atomic E-state index is 0.171. The number of rotatable bonds is 3. The maximum absolute atomic E-state index is 13.2. The van der Waals surface area contributed by atoms with Gasteiger partial charge < -0.3 is 4.90 Å². The van der Waals surface area contributed by atoms with E-state index in [1.165, 1.54) is 6.07 Å². The summed E-state index contributed by atoms with van der Waals surface area (Å²) in [7, 11) is 0. The van der Waals surface area contributed by atoms with E-state index < -0.39 is 0 Å². The molecule has 0 bridgehead atoms. The van der Waals surface area contributed by atoms with Crippen molar-refractivity contribution < 1.29 is 4.39 Å². The number of aromatic amines is 1. The molecule has 1 N–H and O–H groups in total. The summed E-state index contributed by atoms with van der Waals surface area (Å²) >= 11 is 0. The summed E-state index contributed by atoms with van der Waals surface area (Å²) in [6.07, 6.45) is 0. The molecule has 1 fully saturated rings. The fourth-order valence-electron chi connectivity index (χ4n) is 3.00. The average molecular weight is 316 g/mol. The molecule has 2 aromatic rings. The van der Waals surface area contributed by atoms with Crippen LogP contribution in [0.4, 0.5) is 10.1 Å². The first-order valence-electron chi connectivity index (χ1n) is 7.81. The standard InChI is InChI=1S/C17H21FN4O/c1-12-9-15(18)4-3-14(12)11-21-5-7-22(8-6-21)16-10-17(23)20-19-13(16)2/h3-4,9-10H,5-8,11H2,1-2H3,(H,20,23). The molecule has 2 heterocycles. The fourth-order valence-corrected chi connectivity index (χ4v) is 3.00. The molecule has 0 unspecified atom stereocenters. The molecule has 1 aromatic heterocycles. The van der Waals surface area contributed by atoms with Crippen LogP contribution in [0.5, 0.6) is 0 Å². The van der Waals surface area contributed by atoms with Crippen molar-refractivity contribution in [1.29, 1.82) is 0 Å². The number of nitrogens with one attached hydrogen (secondary N) is 1. The predicted molar refractivity (Wildman–Crippen MR) is 88.2 cm³/mol. The third kappa shape index (κ3) is 3.59. The van der Waals surface area contributed by atoms with E-state index in [2.05, 4.69) is 20.0 Å². The van der Waals surface area contributed by atoms with Crippen LogP contribution in [0, 0.1) is 19.7 Å². The highest BCUT2D eigenvalue weighted by atomic mass is 19.1. The zero-order valence-electron chi connectivity index (χ0n) is 13.5. The summed E-state index contributed by atoms with van der Waals surface area (Å²) in [5.74, 6) is -0.187. The number of anilines is 1. The number of benzene rings is 1. The van der Waals surface area contributed by atoms with Crippen molar-refractivity contribution in [3.8, 4) is 0 Å². The molecular formula is C17H21FN4O. The Hall–Kier alpha value is -2.21. The van der Waals surface area contributed by atoms with Crippen molar-refractivity contribution in [3.05, 3.63) is 57.3 Å². The van der Waals surface area contributed by atoms with Gasteiger partial charge >= 0.3 is 0 Å². The van der Waals surface area contributed by atoms with Gasteiger partial charge in [0, 0.05) is 38.8 Å². The Balaban J connectivity index is 1.64. The maximum atomic E-state index is 13.2. The second kappa shape index (κ2) is 6.50. The minimum Gasteiger partial charge on any atom is -0.367 e. The van der Waals surface area contributed by atoms with Crippen molar-refractivity contribution in [1.82, 2.24) is 15.1 Å². The van der Waals surface area contributed by atoms with Crippen molar-refractivity contribution in [2.24, 2.45) is 0 Å². The summed E-state index contributed by atoms with van der Waals surface area (Å²) in [6, 6.07) is 6.57. The van der Waals surface area contributed by atoms with Gasteiger partial charge in [0.15, 0.2) is 0 Å². The number of H-pyrrole nitrogens is 1. The number of aryl methyl sites for hydroxylation is 2. The monoisotopic (exact) mass is 316 g/mol. The molecule has 0 radical (unpaired) electrons. The number of halogens is 1. The van der Waals surface area contributed by atoms with Gasteiger partial charge in [0.2, 0.25) is 0 Å². The van der Waals surface area contributed by atoms with E-state index in [1.54, 1.807) is 12.1 Å². The van der Waals surface area contributed by atoms with Crippen LogP contribution < -0.4 is 10.5 Å². The van der Waals surface area contributed by atoms with E-state index in [0.29, 0.717) is 0 Å². The second-order valence-corrected chi connectivity index (χ2v) is 6.04. The Kier molecular flexibility index (Phi) is 4.43. The highest BCUT2D eigenvalue weighted by Gasteiger charge is 2.19. The van der Waals surface area contributed by atoms with E-state index >= 15 is 0 Å². The zero-order chi connectivity index (χ0) is 16.4. The Bertz CT molecular complexity index is 750. The molecule has 1 saturated heterocycles. The summed E-state index contributed by atoms with van der Waals surface area (Å²) in [5.41, 5.74) is 3.73. The molecule has 23 heavy (non-hydrogen) atoms. The lowest BCUT2D eigenvalue weighted by Gasteiger charge is -2.36. The topological polar surface area (TPSA) is 52.2 Å². The van der Waals surface area contributed by atoms with Crippen molar-refractivity contribution in [3.63, 3.8) is 0 Å². The van der Waals surface area contributed by atoms with E-state index in [0.717, 1.165) is 55.2 Å². The van der Waals surface area contributed by atoms with Gasteiger partial charge in [-0.2, -0.15) is 5.10 Å². The number of aromatic nitrogens is 2. The van der Waals surface area contributed by atoms with Crippen LogP contribution in [0.15, 0.2) is 29.1 Å². The van der Waals surface area contributed by atoms with Gasteiger partial charge in [-0.3, -0.25) is 9.69 Å². The summed E-state index contributed by atoms with van der Waals surface area (Å²) in [6.45, 7) is 8.19. The molecule has 1 aromatic carbocycles. The van der Waals surface area contributed by atoms with Crippen LogP contribution in [-0.2, 0) is 6.54 Å². The summed E-state index contributed by atoms with van der Waals surface area (Å²) in [5, 5.41) is 6.49. The number of hydrogen-bond donors (Lipinski definition) is 1. The second-order valence-electron chi connectivity index (χ2n) is 6.04. The predicted octanol–water partition coefficient (Wildman–Crippen LogP) is 1.85. The molecular weight excluding hydrogens is 295 g/mol. The van der Waals surface area contributed by atoms with E-state index in [9.17, 15) is 9.18 Å². The van der Waals surface area contributed by atoms with Gasteiger partial charge in [-0.1, -0.05) is 6.07 Å². The number of nitrogens with zero attached hydrogens (tertiary/aromatic N) is 3. The fraction of sp³-hybridized carbons (Fsp3) is 0.412. The highest BCUT2D eigenvalue weighted by molar-refractivity contribution is 5.49. The first-order chi connectivity index (χ1) is 11.0. The van der Waals surface area contributed by atoms with Gasteiger partial charge in [0.1, 0.15) is 5.82 Å². The molecule has 0 spiro atoms. The molecule has 0 saturated carbocycles. The minimum atomic E-state index is -0.187. The van der Waals surface area contributed by atoms with E-state index in [-0.39, 0.29) is 11.4 Å². The largest absolute Gasteiger partial charge is 0.367 e. The molecule has 122 valence electrons. The van der Waals surface area contributed by atoms with Crippen molar-refractivity contribution in [2.75, 3.05) is 31.1 Å². The number of piperazine rings is 1. The Morgan fingerprint density at radius 1 is 1.17 bits per heavy atom. The summed E-state index contributed by atoms with van der Waals surface area (Å²) in [4.78, 5) is 16.0. The van der Waals surface area contributed by atoms with Crippen LogP contribution >= 0.6 is 0 Å². The highest BCUT2D eigenvalue weighted by Crippen LogP contribution is 2.19. The number of hydrogen-bond acceptors (Lipinski definition) is 4. The van der Waals surface area contributed by atoms with Gasteiger partial charge in [0.05, 0.1) is 11.4 Å². The molecule has 6 heteroatoms.